The number of nitrogens with zero attached hydrogens (tertiary/aromatic N) is 2. The first-order valence-electron chi connectivity index (χ1n) is 4.91. The first kappa shape index (κ1) is 13.5. The highest BCUT2D eigenvalue weighted by Gasteiger charge is 2.29. The van der Waals surface area contributed by atoms with Gasteiger partial charge in [0.1, 0.15) is 0 Å². The molecule has 16 heavy (non-hydrogen) atoms. The van der Waals surface area contributed by atoms with Crippen LogP contribution in [0.3, 0.4) is 0 Å². The molecule has 0 amide bonds. The second-order valence-electron chi connectivity index (χ2n) is 4.03. The third kappa shape index (κ3) is 2.96. The molecular formula is C9H16ClN3O2S. The van der Waals surface area contributed by atoms with Crippen molar-refractivity contribution in [2.45, 2.75) is 30.8 Å². The van der Waals surface area contributed by atoms with Crippen LogP contribution in [0.2, 0.25) is 0 Å². The van der Waals surface area contributed by atoms with Crippen LogP contribution in [0.15, 0.2) is 17.6 Å². The molecule has 1 N–H and O–H groups in total. The van der Waals surface area contributed by atoms with Gasteiger partial charge in [-0.3, -0.25) is 0 Å². The summed E-state index contributed by atoms with van der Waals surface area (Å²) >= 11 is 5.76. The minimum absolute atomic E-state index is 0.0137. The zero-order chi connectivity index (χ0) is 12.4. The van der Waals surface area contributed by atoms with Crippen molar-refractivity contribution in [2.75, 3.05) is 5.88 Å². The van der Waals surface area contributed by atoms with Crippen molar-refractivity contribution < 1.29 is 8.42 Å². The van der Waals surface area contributed by atoms with E-state index in [2.05, 4.69) is 9.71 Å². The maximum atomic E-state index is 11.9. The molecule has 92 valence electrons. The van der Waals surface area contributed by atoms with E-state index < -0.39 is 15.6 Å². The molecule has 0 saturated heterocycles. The van der Waals surface area contributed by atoms with E-state index in [1.807, 2.05) is 6.92 Å². The summed E-state index contributed by atoms with van der Waals surface area (Å²) in [7, 11) is -1.87. The third-order valence-electron chi connectivity index (χ3n) is 2.41. The lowest BCUT2D eigenvalue weighted by Crippen LogP contribution is -2.47. The lowest BCUT2D eigenvalue weighted by Gasteiger charge is -2.25. The van der Waals surface area contributed by atoms with Gasteiger partial charge in [-0.25, -0.2) is 18.1 Å². The monoisotopic (exact) mass is 265 g/mol. The van der Waals surface area contributed by atoms with E-state index in [1.54, 1.807) is 18.5 Å². The second kappa shape index (κ2) is 4.73. The van der Waals surface area contributed by atoms with Crippen molar-refractivity contribution in [1.29, 1.82) is 0 Å². The topological polar surface area (TPSA) is 64.0 Å². The van der Waals surface area contributed by atoms with Gasteiger partial charge in [0.2, 0.25) is 0 Å². The molecule has 1 atom stereocenters. The van der Waals surface area contributed by atoms with Crippen LogP contribution in [0.4, 0.5) is 0 Å². The average Bonchev–Trinajstić information content (AvgIpc) is 2.65. The van der Waals surface area contributed by atoms with E-state index in [1.165, 1.54) is 12.5 Å². The number of sulfonamides is 1. The molecular weight excluding hydrogens is 250 g/mol. The van der Waals surface area contributed by atoms with Gasteiger partial charge in [0.25, 0.3) is 10.0 Å². The van der Waals surface area contributed by atoms with Crippen LogP contribution in [-0.4, -0.2) is 29.4 Å². The van der Waals surface area contributed by atoms with E-state index >= 15 is 0 Å². The van der Waals surface area contributed by atoms with Gasteiger partial charge in [-0.05, 0) is 13.3 Å². The van der Waals surface area contributed by atoms with Gasteiger partial charge >= 0.3 is 0 Å². The Hall–Kier alpha value is -0.590. The van der Waals surface area contributed by atoms with Gasteiger partial charge in [-0.2, -0.15) is 0 Å². The van der Waals surface area contributed by atoms with Crippen molar-refractivity contribution in [2.24, 2.45) is 7.05 Å². The number of aromatic nitrogens is 2. The fraction of sp³-hybridized carbons (Fsp3) is 0.667. The smallest absolute Gasteiger partial charge is 0.260 e. The number of halogens is 1. The summed E-state index contributed by atoms with van der Waals surface area (Å²) < 4.78 is 28.0. The standard InChI is InChI=1S/C9H16ClN3O2S/c1-4-9(2,6-10)12-16(14,15)8-5-13(3)7-11-8/h5,7,12H,4,6H2,1-3H3. The van der Waals surface area contributed by atoms with Gasteiger partial charge < -0.3 is 4.57 Å². The predicted octanol–water partition coefficient (Wildman–Crippen LogP) is 1.11. The van der Waals surface area contributed by atoms with Crippen molar-refractivity contribution in [3.05, 3.63) is 12.5 Å². The number of aryl methyl sites for hydroxylation is 1. The Labute approximate surface area is 101 Å². The Balaban J connectivity index is 2.96. The maximum absolute atomic E-state index is 11.9. The molecule has 0 bridgehead atoms. The molecule has 0 radical (unpaired) electrons. The summed E-state index contributed by atoms with van der Waals surface area (Å²) in [5.41, 5.74) is -0.641. The number of hydrogen-bond donors (Lipinski definition) is 1. The molecule has 0 fully saturated rings. The average molecular weight is 266 g/mol. The van der Waals surface area contributed by atoms with Crippen molar-refractivity contribution in [3.63, 3.8) is 0 Å². The van der Waals surface area contributed by atoms with Gasteiger partial charge in [0.15, 0.2) is 5.03 Å². The predicted molar refractivity (Wildman–Crippen MR) is 62.9 cm³/mol. The van der Waals surface area contributed by atoms with Crippen LogP contribution in [0.5, 0.6) is 0 Å². The first-order valence-corrected chi connectivity index (χ1v) is 6.92. The fourth-order valence-electron chi connectivity index (χ4n) is 1.10. The van der Waals surface area contributed by atoms with Gasteiger partial charge in [-0.1, -0.05) is 6.92 Å². The van der Waals surface area contributed by atoms with E-state index in [0.717, 1.165) is 0 Å². The molecule has 5 nitrogen and oxygen atoms in total. The van der Waals surface area contributed by atoms with Gasteiger partial charge in [-0.15, -0.1) is 11.6 Å². The van der Waals surface area contributed by atoms with E-state index in [-0.39, 0.29) is 10.9 Å². The zero-order valence-corrected chi connectivity index (χ0v) is 11.1. The Kier molecular flexibility index (Phi) is 3.98. The number of rotatable bonds is 5. The zero-order valence-electron chi connectivity index (χ0n) is 9.57. The minimum atomic E-state index is -3.59. The summed E-state index contributed by atoms with van der Waals surface area (Å²) in [6, 6.07) is 0. The molecule has 0 saturated carbocycles. The van der Waals surface area contributed by atoms with Crippen molar-refractivity contribution in [1.82, 2.24) is 14.3 Å². The highest BCUT2D eigenvalue weighted by atomic mass is 35.5. The number of imidazole rings is 1. The number of hydrogen-bond acceptors (Lipinski definition) is 3. The van der Waals surface area contributed by atoms with Crippen LogP contribution in [0.1, 0.15) is 20.3 Å². The molecule has 0 aliphatic rings. The third-order valence-corrected chi connectivity index (χ3v) is 4.53. The molecule has 1 aromatic heterocycles. The Morgan fingerprint density at radius 3 is 2.62 bits per heavy atom. The quantitative estimate of drug-likeness (QED) is 0.811. The first-order chi connectivity index (χ1) is 7.33. The Morgan fingerprint density at radius 1 is 1.62 bits per heavy atom. The largest absolute Gasteiger partial charge is 0.339 e. The highest BCUT2D eigenvalue weighted by Crippen LogP contribution is 2.16. The summed E-state index contributed by atoms with van der Waals surface area (Å²) in [6.45, 7) is 3.64. The lowest BCUT2D eigenvalue weighted by atomic mass is 10.0. The normalized spacial score (nSPS) is 16.0. The molecule has 0 aliphatic carbocycles. The second-order valence-corrected chi connectivity index (χ2v) is 5.93. The molecule has 0 spiro atoms. The van der Waals surface area contributed by atoms with Crippen LogP contribution >= 0.6 is 11.6 Å². The van der Waals surface area contributed by atoms with Gasteiger partial charge in [0.05, 0.1) is 6.33 Å². The van der Waals surface area contributed by atoms with Crippen LogP contribution < -0.4 is 4.72 Å². The Bertz CT molecular complexity index is 451. The molecule has 1 heterocycles. The molecule has 1 unspecified atom stereocenters. The molecule has 7 heteroatoms. The number of nitrogens with one attached hydrogen (secondary N) is 1. The van der Waals surface area contributed by atoms with E-state index in [0.29, 0.717) is 6.42 Å². The Morgan fingerprint density at radius 2 is 2.25 bits per heavy atom. The SMILES string of the molecule is CCC(C)(CCl)NS(=O)(=O)c1cn(C)cn1. The lowest BCUT2D eigenvalue weighted by molar-refractivity contribution is 0.443. The molecule has 0 aromatic carbocycles. The van der Waals surface area contributed by atoms with Crippen LogP contribution in [0, 0.1) is 0 Å². The maximum Gasteiger partial charge on any atom is 0.260 e. The highest BCUT2D eigenvalue weighted by molar-refractivity contribution is 7.89. The van der Waals surface area contributed by atoms with Crippen LogP contribution in [0.25, 0.3) is 0 Å². The van der Waals surface area contributed by atoms with Crippen molar-refractivity contribution >= 4 is 21.6 Å². The van der Waals surface area contributed by atoms with Gasteiger partial charge in [0, 0.05) is 24.7 Å². The van der Waals surface area contributed by atoms with Crippen LogP contribution in [-0.2, 0) is 17.1 Å². The van der Waals surface area contributed by atoms with Crippen molar-refractivity contribution in [3.8, 4) is 0 Å². The fourth-order valence-corrected chi connectivity index (χ4v) is 2.89. The molecule has 1 rings (SSSR count). The summed E-state index contributed by atoms with van der Waals surface area (Å²) in [6.07, 6.45) is 3.51. The summed E-state index contributed by atoms with van der Waals surface area (Å²) in [5.74, 6) is 0.218. The van der Waals surface area contributed by atoms with E-state index in [4.69, 9.17) is 11.6 Å². The molecule has 1 aromatic rings. The summed E-state index contributed by atoms with van der Waals surface area (Å²) in [4.78, 5) is 3.81. The molecule has 0 aliphatic heterocycles. The number of alkyl halides is 1. The van der Waals surface area contributed by atoms with E-state index in [9.17, 15) is 8.42 Å². The minimum Gasteiger partial charge on any atom is -0.339 e. The summed E-state index contributed by atoms with van der Waals surface area (Å²) in [5, 5.41) is 0.0137.